The highest BCUT2D eigenvalue weighted by Gasteiger charge is 2.44. The second-order valence-corrected chi connectivity index (χ2v) is 7.00. The molecule has 4 heterocycles. The molecule has 0 aliphatic carbocycles. The van der Waals surface area contributed by atoms with E-state index in [1.54, 1.807) is 24.7 Å². The van der Waals surface area contributed by atoms with Gasteiger partial charge in [0.2, 0.25) is 11.9 Å². The maximum Gasteiger partial charge on any atom is 0.228 e. The van der Waals surface area contributed by atoms with Crippen molar-refractivity contribution in [3.05, 3.63) is 48.5 Å². The molecule has 0 bridgehead atoms. The second-order valence-electron chi connectivity index (χ2n) is 7.00. The van der Waals surface area contributed by atoms with Crippen molar-refractivity contribution >= 4 is 11.9 Å². The van der Waals surface area contributed by atoms with Crippen LogP contribution in [0.4, 0.5) is 5.95 Å². The van der Waals surface area contributed by atoms with Crippen LogP contribution < -0.4 is 5.32 Å². The Morgan fingerprint density at radius 1 is 1.23 bits per heavy atom. The number of rotatable bonds is 4. The van der Waals surface area contributed by atoms with Crippen LogP contribution in [0.1, 0.15) is 25.0 Å². The number of nitrogens with one attached hydrogen (secondary N) is 1. The maximum absolute atomic E-state index is 12.6. The van der Waals surface area contributed by atoms with Crippen molar-refractivity contribution in [3.8, 4) is 0 Å². The first-order chi connectivity index (χ1) is 12.7. The van der Waals surface area contributed by atoms with E-state index in [9.17, 15) is 4.79 Å². The predicted octanol–water partition coefficient (Wildman–Crippen LogP) is 1.68. The summed E-state index contributed by atoms with van der Waals surface area (Å²) in [5, 5.41) is 3.40. The average Bonchev–Trinajstić information content (AvgIpc) is 3.07. The van der Waals surface area contributed by atoms with Gasteiger partial charge < -0.3 is 15.0 Å². The van der Waals surface area contributed by atoms with Crippen molar-refractivity contribution in [1.29, 1.82) is 0 Å². The minimum Gasteiger partial charge on any atom is -0.373 e. The molecular formula is C19H23N5O2. The molecule has 7 heteroatoms. The Balaban J connectivity index is 1.36. The molecule has 2 aliphatic heterocycles. The number of nitrogens with zero attached hydrogens (tertiary/aromatic N) is 4. The third-order valence-corrected chi connectivity index (χ3v) is 5.12. The molecule has 2 saturated heterocycles. The summed E-state index contributed by atoms with van der Waals surface area (Å²) in [6.45, 7) is 2.07. The molecule has 26 heavy (non-hydrogen) atoms. The highest BCUT2D eigenvalue weighted by atomic mass is 16.5. The van der Waals surface area contributed by atoms with Crippen molar-refractivity contribution in [2.75, 3.05) is 25.0 Å². The number of anilines is 1. The van der Waals surface area contributed by atoms with E-state index >= 15 is 0 Å². The Kier molecular flexibility index (Phi) is 4.79. The van der Waals surface area contributed by atoms with Crippen molar-refractivity contribution in [3.63, 3.8) is 0 Å². The van der Waals surface area contributed by atoms with Gasteiger partial charge in [-0.25, -0.2) is 9.97 Å². The topological polar surface area (TPSA) is 80.2 Å². The zero-order valence-electron chi connectivity index (χ0n) is 14.7. The fraction of sp³-hybridized carbons (Fsp3) is 0.474. The van der Waals surface area contributed by atoms with E-state index in [0.29, 0.717) is 25.5 Å². The molecule has 4 rings (SSSR count). The van der Waals surface area contributed by atoms with Gasteiger partial charge in [0.25, 0.3) is 0 Å². The molecule has 0 radical (unpaired) electrons. The molecule has 2 atom stereocenters. The number of hydrogen-bond acceptors (Lipinski definition) is 6. The van der Waals surface area contributed by atoms with Gasteiger partial charge in [0, 0.05) is 50.0 Å². The Labute approximate surface area is 152 Å². The zero-order valence-corrected chi connectivity index (χ0v) is 14.7. The van der Waals surface area contributed by atoms with Gasteiger partial charge in [0.05, 0.1) is 12.0 Å². The van der Waals surface area contributed by atoms with Crippen molar-refractivity contribution in [2.45, 2.75) is 37.3 Å². The summed E-state index contributed by atoms with van der Waals surface area (Å²) in [4.78, 5) is 27.3. The van der Waals surface area contributed by atoms with Crippen molar-refractivity contribution in [2.24, 2.45) is 0 Å². The van der Waals surface area contributed by atoms with Crippen LogP contribution in [0.15, 0.2) is 42.9 Å². The summed E-state index contributed by atoms with van der Waals surface area (Å²) in [7, 11) is 0. The molecule has 2 aromatic rings. The molecule has 0 saturated carbocycles. The van der Waals surface area contributed by atoms with Crippen molar-refractivity contribution < 1.29 is 9.53 Å². The number of ether oxygens (including phenoxy) is 1. The van der Waals surface area contributed by atoms with Crippen LogP contribution in [0.25, 0.3) is 0 Å². The maximum atomic E-state index is 12.6. The number of hydrogen-bond donors (Lipinski definition) is 1. The fourth-order valence-corrected chi connectivity index (χ4v) is 3.82. The van der Waals surface area contributed by atoms with E-state index < -0.39 is 0 Å². The first-order valence-corrected chi connectivity index (χ1v) is 9.08. The lowest BCUT2D eigenvalue weighted by atomic mass is 9.89. The van der Waals surface area contributed by atoms with Gasteiger partial charge in [0.15, 0.2) is 0 Å². The van der Waals surface area contributed by atoms with Crippen LogP contribution in [-0.2, 0) is 16.0 Å². The van der Waals surface area contributed by atoms with E-state index in [1.807, 2.05) is 23.1 Å². The molecule has 0 aromatic carbocycles. The zero-order chi connectivity index (χ0) is 17.8. The minimum absolute atomic E-state index is 0.116. The highest BCUT2D eigenvalue weighted by molar-refractivity contribution is 5.78. The van der Waals surface area contributed by atoms with Gasteiger partial charge in [-0.15, -0.1) is 0 Å². The second kappa shape index (κ2) is 7.37. The highest BCUT2D eigenvalue weighted by Crippen LogP contribution is 2.35. The van der Waals surface area contributed by atoms with Gasteiger partial charge in [0.1, 0.15) is 0 Å². The number of amides is 1. The summed E-state index contributed by atoms with van der Waals surface area (Å²) in [6.07, 6.45) is 8.18. The summed E-state index contributed by atoms with van der Waals surface area (Å²) in [5.41, 5.74) is 0.550. The quantitative estimate of drug-likeness (QED) is 0.901. The van der Waals surface area contributed by atoms with Gasteiger partial charge in [-0.1, -0.05) is 6.07 Å². The predicted molar refractivity (Wildman–Crippen MR) is 96.5 cm³/mol. The summed E-state index contributed by atoms with van der Waals surface area (Å²) in [6, 6.07) is 7.72. The lowest BCUT2D eigenvalue weighted by Gasteiger charge is -2.38. The molecule has 1 N–H and O–H groups in total. The molecule has 0 unspecified atom stereocenters. The molecule has 7 nitrogen and oxygen atoms in total. The third-order valence-electron chi connectivity index (χ3n) is 5.12. The average molecular weight is 353 g/mol. The minimum atomic E-state index is -0.259. The lowest BCUT2D eigenvalue weighted by molar-refractivity contribution is -0.132. The van der Waals surface area contributed by atoms with Crippen LogP contribution in [-0.4, -0.2) is 57.1 Å². The summed E-state index contributed by atoms with van der Waals surface area (Å²) < 4.78 is 6.13. The molecule has 2 aromatic heterocycles. The van der Waals surface area contributed by atoms with Crippen LogP contribution in [0, 0.1) is 0 Å². The molecule has 136 valence electrons. The Hall–Kier alpha value is -2.54. The van der Waals surface area contributed by atoms with Gasteiger partial charge >= 0.3 is 0 Å². The van der Waals surface area contributed by atoms with Gasteiger partial charge in [-0.05, 0) is 37.5 Å². The first-order valence-electron chi connectivity index (χ1n) is 9.08. The number of aromatic nitrogens is 3. The Morgan fingerprint density at radius 3 is 2.88 bits per heavy atom. The molecule has 1 amide bonds. The number of carbonyl (C=O) groups excluding carboxylic acids is 1. The Morgan fingerprint density at radius 2 is 2.08 bits per heavy atom. The summed E-state index contributed by atoms with van der Waals surface area (Å²) in [5.74, 6) is 0.765. The van der Waals surface area contributed by atoms with Crippen LogP contribution in [0.3, 0.4) is 0 Å². The monoisotopic (exact) mass is 353 g/mol. The number of carbonyl (C=O) groups is 1. The van der Waals surface area contributed by atoms with Gasteiger partial charge in [-0.3, -0.25) is 9.78 Å². The van der Waals surface area contributed by atoms with E-state index in [1.165, 1.54) is 0 Å². The van der Waals surface area contributed by atoms with Crippen LogP contribution in [0.2, 0.25) is 0 Å². The van der Waals surface area contributed by atoms with Crippen LogP contribution >= 0.6 is 0 Å². The largest absolute Gasteiger partial charge is 0.373 e. The van der Waals surface area contributed by atoms with E-state index in [0.717, 1.165) is 31.5 Å². The molecule has 1 spiro atoms. The fourth-order valence-electron chi connectivity index (χ4n) is 3.82. The Bertz CT molecular complexity index is 742. The molecule has 2 fully saturated rings. The first kappa shape index (κ1) is 16.9. The third kappa shape index (κ3) is 3.83. The number of pyridine rings is 1. The SMILES string of the molecule is O=C(Cc1ccccn1)N1CC[C@@]2(C[C@@H](Nc3ncccn3)CCO2)C1. The molecular weight excluding hydrogens is 330 g/mol. The lowest BCUT2D eigenvalue weighted by Crippen LogP contribution is -2.47. The van der Waals surface area contributed by atoms with Crippen molar-refractivity contribution in [1.82, 2.24) is 19.9 Å². The van der Waals surface area contributed by atoms with E-state index in [-0.39, 0.29) is 17.6 Å². The van der Waals surface area contributed by atoms with Gasteiger partial charge in [-0.2, -0.15) is 0 Å². The summed E-state index contributed by atoms with van der Waals surface area (Å²) >= 11 is 0. The van der Waals surface area contributed by atoms with E-state index in [2.05, 4.69) is 20.3 Å². The molecule has 2 aliphatic rings. The normalized spacial score (nSPS) is 25.4. The van der Waals surface area contributed by atoms with Crippen LogP contribution in [0.5, 0.6) is 0 Å². The smallest absolute Gasteiger partial charge is 0.228 e. The van der Waals surface area contributed by atoms with E-state index in [4.69, 9.17) is 4.74 Å². The standard InChI is InChI=1S/C19H23N5O2/c25-17(12-15-4-1-2-7-20-15)24-10-6-19(14-24)13-16(5-11-26-19)23-18-21-8-3-9-22-18/h1-4,7-9,16H,5-6,10-14H2,(H,21,22,23)/t16-,19+/m0/s1. The number of likely N-dealkylation sites (tertiary alicyclic amines) is 1.